The average Bonchev–Trinajstić information content (AvgIpc) is 2.95. The largest absolute Gasteiger partial charge is 0.496 e. The monoisotopic (exact) mass is 580 g/mol. The van der Waals surface area contributed by atoms with E-state index in [-0.39, 0.29) is 24.5 Å². The molecule has 0 fully saturated rings. The molecule has 0 saturated carbocycles. The summed E-state index contributed by atoms with van der Waals surface area (Å²) in [5.74, 6) is 2.86. The summed E-state index contributed by atoms with van der Waals surface area (Å²) in [6.07, 6.45) is -1.09. The Balaban J connectivity index is 1.42. The molecule has 1 N–H and O–H groups in total. The van der Waals surface area contributed by atoms with Gasteiger partial charge >= 0.3 is 0 Å². The number of aliphatic hydroxyl groups excluding tert-OH is 1. The van der Waals surface area contributed by atoms with Crippen LogP contribution in [-0.4, -0.2) is 52.2 Å². The third-order valence-electron chi connectivity index (χ3n) is 7.82. The molecule has 0 radical (unpaired) electrons. The Hall–Kier alpha value is -3.73. The van der Waals surface area contributed by atoms with Crippen molar-refractivity contribution >= 4 is 21.5 Å². The van der Waals surface area contributed by atoms with Crippen molar-refractivity contribution in [1.82, 2.24) is 0 Å². The lowest BCUT2D eigenvalue weighted by atomic mass is 9.86. The Morgan fingerprint density at radius 3 is 2.44 bits per heavy atom. The number of ether oxygens (including phenoxy) is 5. The molecule has 3 aromatic rings. The summed E-state index contributed by atoms with van der Waals surface area (Å²) in [6.45, 7) is 5.53. The molecule has 3 aliphatic rings. The maximum atomic E-state index is 13.2. The maximum absolute atomic E-state index is 13.2. The predicted octanol–water partition coefficient (Wildman–Crippen LogP) is 4.65. The number of rotatable bonds is 6. The number of aryl methyl sites for hydroxylation is 1. The number of methoxy groups -OCH3 is 2. The zero-order valence-electron chi connectivity index (χ0n) is 23.5. The van der Waals surface area contributed by atoms with Crippen LogP contribution in [0.1, 0.15) is 41.7 Å². The second-order valence-electron chi connectivity index (χ2n) is 10.9. The van der Waals surface area contributed by atoms with Crippen LogP contribution in [0.2, 0.25) is 0 Å². The lowest BCUT2D eigenvalue weighted by Crippen LogP contribution is -2.49. The molecule has 9 nitrogen and oxygen atoms in total. The molecule has 1 unspecified atom stereocenters. The fourth-order valence-electron chi connectivity index (χ4n) is 5.59. The SMILES string of the molecule is COC1=C2c3cc(OC)c(CO)cc3OC[C@H]2Oc2c1ccc1c2CC(OS(=O)(=O)c2ccc(C)cc2)C(C)(C)O1. The summed E-state index contributed by atoms with van der Waals surface area (Å²) in [7, 11) is -0.910. The Morgan fingerprint density at radius 2 is 1.76 bits per heavy atom. The Morgan fingerprint density at radius 1 is 1.00 bits per heavy atom. The van der Waals surface area contributed by atoms with Gasteiger partial charge in [-0.05, 0) is 57.2 Å². The first-order valence-electron chi connectivity index (χ1n) is 13.3. The summed E-state index contributed by atoms with van der Waals surface area (Å²) in [6, 6.07) is 13.9. The number of benzene rings is 3. The van der Waals surface area contributed by atoms with Gasteiger partial charge in [0.2, 0.25) is 0 Å². The predicted molar refractivity (Wildman–Crippen MR) is 151 cm³/mol. The van der Waals surface area contributed by atoms with E-state index >= 15 is 0 Å². The van der Waals surface area contributed by atoms with E-state index in [0.29, 0.717) is 45.4 Å². The molecule has 3 aromatic carbocycles. The quantitative estimate of drug-likeness (QED) is 0.417. The molecular formula is C31H32O9S. The molecule has 2 atom stereocenters. The van der Waals surface area contributed by atoms with Gasteiger partial charge in [-0.3, -0.25) is 4.18 Å². The molecule has 0 aliphatic carbocycles. The summed E-state index contributed by atoms with van der Waals surface area (Å²) in [5, 5.41) is 9.77. The highest BCUT2D eigenvalue weighted by Gasteiger charge is 2.45. The normalized spacial score (nSPS) is 20.3. The van der Waals surface area contributed by atoms with Crippen molar-refractivity contribution < 1.29 is 41.4 Å². The molecule has 3 aliphatic heterocycles. The molecule has 0 aromatic heterocycles. The minimum absolute atomic E-state index is 0.0862. The van der Waals surface area contributed by atoms with Crippen molar-refractivity contribution in [1.29, 1.82) is 0 Å². The first-order chi connectivity index (χ1) is 19.6. The van der Waals surface area contributed by atoms with E-state index < -0.39 is 27.9 Å². The van der Waals surface area contributed by atoms with Crippen LogP contribution in [0.5, 0.6) is 23.0 Å². The van der Waals surface area contributed by atoms with Gasteiger partial charge in [0, 0.05) is 28.7 Å². The van der Waals surface area contributed by atoms with E-state index in [1.54, 1.807) is 32.4 Å². The van der Waals surface area contributed by atoms with Crippen molar-refractivity contribution in [3.05, 3.63) is 76.3 Å². The number of hydrogen-bond donors (Lipinski definition) is 1. The molecule has 0 amide bonds. The van der Waals surface area contributed by atoms with Gasteiger partial charge in [-0.25, -0.2) is 0 Å². The number of fused-ring (bicyclic) bond motifs is 6. The van der Waals surface area contributed by atoms with Crippen LogP contribution < -0.4 is 18.9 Å². The molecule has 10 heteroatoms. The first-order valence-corrected chi connectivity index (χ1v) is 14.7. The molecule has 3 heterocycles. The molecule has 41 heavy (non-hydrogen) atoms. The number of aliphatic hydroxyl groups is 1. The van der Waals surface area contributed by atoms with Gasteiger partial charge in [0.15, 0.2) is 6.10 Å². The van der Waals surface area contributed by atoms with Crippen molar-refractivity contribution in [3.63, 3.8) is 0 Å². The van der Waals surface area contributed by atoms with E-state index in [0.717, 1.165) is 16.7 Å². The zero-order valence-corrected chi connectivity index (χ0v) is 24.3. The van der Waals surface area contributed by atoms with Crippen LogP contribution in [0.3, 0.4) is 0 Å². The van der Waals surface area contributed by atoms with Crippen LogP contribution in [0.4, 0.5) is 0 Å². The third-order valence-corrected chi connectivity index (χ3v) is 9.15. The summed E-state index contributed by atoms with van der Waals surface area (Å²) < 4.78 is 62.7. The molecule has 6 rings (SSSR count). The van der Waals surface area contributed by atoms with E-state index in [2.05, 4.69) is 0 Å². The van der Waals surface area contributed by atoms with E-state index in [1.807, 2.05) is 39.0 Å². The standard InChI is InChI=1S/C31H32O9S/c1-17-6-8-19(9-7-17)41(33,34)40-27-14-22-23(39-31(27,2)3)11-10-20-29(22)38-26-16-37-25-12-18(15-32)24(35-4)13-21(25)28(26)30(20)36-5/h6-13,26-27,32H,14-16H2,1-5H3/t26-,27?/m1/s1. The number of hydrogen-bond acceptors (Lipinski definition) is 9. The highest BCUT2D eigenvalue weighted by molar-refractivity contribution is 7.86. The highest BCUT2D eigenvalue weighted by atomic mass is 32.2. The molecule has 0 bridgehead atoms. The van der Waals surface area contributed by atoms with Gasteiger partial charge in [0.1, 0.15) is 47.1 Å². The lowest BCUT2D eigenvalue weighted by Gasteiger charge is -2.41. The van der Waals surface area contributed by atoms with Crippen LogP contribution in [0.15, 0.2) is 53.4 Å². The Labute approximate surface area is 239 Å². The van der Waals surface area contributed by atoms with Crippen molar-refractivity contribution in [2.45, 2.75) is 56.5 Å². The molecule has 0 spiro atoms. The van der Waals surface area contributed by atoms with Crippen molar-refractivity contribution in [2.75, 3.05) is 20.8 Å². The average molecular weight is 581 g/mol. The maximum Gasteiger partial charge on any atom is 0.297 e. The van der Waals surface area contributed by atoms with Crippen LogP contribution >= 0.6 is 0 Å². The molecule has 0 saturated heterocycles. The van der Waals surface area contributed by atoms with E-state index in [1.165, 1.54) is 12.1 Å². The highest BCUT2D eigenvalue weighted by Crippen LogP contribution is 2.51. The zero-order chi connectivity index (χ0) is 29.1. The topological polar surface area (TPSA) is 110 Å². The third kappa shape index (κ3) is 4.60. The molecular weight excluding hydrogens is 548 g/mol. The van der Waals surface area contributed by atoms with Gasteiger partial charge in [-0.15, -0.1) is 0 Å². The minimum atomic E-state index is -4.06. The van der Waals surface area contributed by atoms with Gasteiger partial charge in [0.05, 0.1) is 31.3 Å². The van der Waals surface area contributed by atoms with Gasteiger partial charge in [0.25, 0.3) is 10.1 Å². The van der Waals surface area contributed by atoms with Gasteiger partial charge in [-0.2, -0.15) is 8.42 Å². The van der Waals surface area contributed by atoms with Crippen molar-refractivity contribution in [3.8, 4) is 23.0 Å². The smallest absolute Gasteiger partial charge is 0.297 e. The van der Waals surface area contributed by atoms with Gasteiger partial charge < -0.3 is 28.8 Å². The van der Waals surface area contributed by atoms with Gasteiger partial charge in [-0.1, -0.05) is 17.7 Å². The van der Waals surface area contributed by atoms with Crippen LogP contribution in [0, 0.1) is 6.92 Å². The fourth-order valence-corrected chi connectivity index (χ4v) is 6.78. The summed E-state index contributed by atoms with van der Waals surface area (Å²) in [5.41, 5.74) is 3.58. The summed E-state index contributed by atoms with van der Waals surface area (Å²) in [4.78, 5) is 0.0862. The minimum Gasteiger partial charge on any atom is -0.496 e. The second-order valence-corrected chi connectivity index (χ2v) is 12.4. The molecule has 216 valence electrons. The van der Waals surface area contributed by atoms with Crippen LogP contribution in [-0.2, 0) is 32.1 Å². The Bertz CT molecular complexity index is 1660. The second kappa shape index (κ2) is 9.97. The lowest BCUT2D eigenvalue weighted by molar-refractivity contribution is -0.0248. The fraction of sp³-hybridized carbons (Fsp3) is 0.355. The van der Waals surface area contributed by atoms with E-state index in [4.69, 9.17) is 27.9 Å². The van der Waals surface area contributed by atoms with Crippen molar-refractivity contribution in [2.24, 2.45) is 0 Å². The first kappa shape index (κ1) is 27.4. The Kier molecular flexibility index (Phi) is 6.67. The summed E-state index contributed by atoms with van der Waals surface area (Å²) >= 11 is 0. The van der Waals surface area contributed by atoms with E-state index in [9.17, 15) is 13.5 Å². The van der Waals surface area contributed by atoms with Crippen LogP contribution in [0.25, 0.3) is 11.3 Å².